The van der Waals surface area contributed by atoms with Crippen molar-refractivity contribution in [1.29, 1.82) is 0 Å². The van der Waals surface area contributed by atoms with Crippen LogP contribution in [-0.4, -0.2) is 43.5 Å². The van der Waals surface area contributed by atoms with Gasteiger partial charge in [-0.05, 0) is 49.2 Å². The molecule has 0 spiro atoms. The maximum Gasteiger partial charge on any atom is 0.257 e. The number of benzene rings is 2. The van der Waals surface area contributed by atoms with Crippen molar-refractivity contribution in [2.75, 3.05) is 25.2 Å². The second-order valence-electron chi connectivity index (χ2n) is 6.48. The van der Waals surface area contributed by atoms with Crippen LogP contribution in [0.15, 0.2) is 50.9 Å². The maximum absolute atomic E-state index is 12.2. The lowest BCUT2D eigenvalue weighted by molar-refractivity contribution is -0.113. The monoisotopic (exact) mass is 419 g/mol. The molecule has 0 bridgehead atoms. The average Bonchev–Trinajstić information content (AvgIpc) is 3.06. The summed E-state index contributed by atoms with van der Waals surface area (Å²) >= 11 is 1.15. The van der Waals surface area contributed by atoms with Crippen molar-refractivity contribution < 1.29 is 17.6 Å². The predicted molar refractivity (Wildman–Crippen MR) is 110 cm³/mol. The van der Waals surface area contributed by atoms with Crippen LogP contribution in [0.4, 0.5) is 5.69 Å². The highest BCUT2D eigenvalue weighted by atomic mass is 32.2. The van der Waals surface area contributed by atoms with Crippen LogP contribution in [0, 0.1) is 13.8 Å². The number of hydrogen-bond donors (Lipinski definition) is 1. The molecule has 0 saturated heterocycles. The van der Waals surface area contributed by atoms with Gasteiger partial charge in [-0.25, -0.2) is 17.7 Å². The van der Waals surface area contributed by atoms with Gasteiger partial charge in [0.1, 0.15) is 5.52 Å². The molecule has 0 aliphatic carbocycles. The Bertz CT molecular complexity index is 1140. The molecule has 0 fully saturated rings. The molecule has 3 rings (SSSR count). The summed E-state index contributed by atoms with van der Waals surface area (Å²) in [6.07, 6.45) is 0. The van der Waals surface area contributed by atoms with Crippen LogP contribution >= 0.6 is 11.8 Å². The maximum atomic E-state index is 12.2. The van der Waals surface area contributed by atoms with Gasteiger partial charge < -0.3 is 9.73 Å². The van der Waals surface area contributed by atoms with Gasteiger partial charge in [-0.15, -0.1) is 0 Å². The Morgan fingerprint density at radius 3 is 2.68 bits per heavy atom. The lowest BCUT2D eigenvalue weighted by atomic mass is 10.1. The van der Waals surface area contributed by atoms with Crippen molar-refractivity contribution in [2.45, 2.75) is 24.0 Å². The molecule has 1 N–H and O–H groups in total. The van der Waals surface area contributed by atoms with Gasteiger partial charge in [-0.2, -0.15) is 0 Å². The first-order valence-electron chi connectivity index (χ1n) is 8.50. The van der Waals surface area contributed by atoms with Crippen molar-refractivity contribution in [1.82, 2.24) is 9.29 Å². The van der Waals surface area contributed by atoms with Gasteiger partial charge in [0.05, 0.1) is 10.6 Å². The number of nitrogens with one attached hydrogen (secondary N) is 1. The van der Waals surface area contributed by atoms with Crippen LogP contribution in [0.3, 0.4) is 0 Å². The number of rotatable bonds is 6. The number of amides is 1. The Hall–Kier alpha value is -2.36. The fraction of sp³-hybridized carbons (Fsp3) is 0.263. The molecule has 1 aromatic heterocycles. The molecule has 9 heteroatoms. The van der Waals surface area contributed by atoms with E-state index in [0.717, 1.165) is 32.9 Å². The number of carbonyl (C=O) groups is 1. The first-order valence-corrected chi connectivity index (χ1v) is 10.9. The quantitative estimate of drug-likeness (QED) is 0.616. The molecule has 1 amide bonds. The zero-order chi connectivity index (χ0) is 20.5. The minimum atomic E-state index is -3.55. The SMILES string of the molecule is Cc1cccc(NC(=O)CSc2nc3cc(S(=O)(=O)N(C)C)ccc3o2)c1C. The number of thioether (sulfide) groups is 1. The van der Waals surface area contributed by atoms with E-state index in [1.807, 2.05) is 32.0 Å². The van der Waals surface area contributed by atoms with Gasteiger partial charge in [-0.3, -0.25) is 4.79 Å². The molecule has 1 heterocycles. The molecule has 28 heavy (non-hydrogen) atoms. The van der Waals surface area contributed by atoms with Crippen LogP contribution in [0.5, 0.6) is 0 Å². The zero-order valence-corrected chi connectivity index (χ0v) is 17.6. The summed E-state index contributed by atoms with van der Waals surface area (Å²) in [5.41, 5.74) is 3.81. The van der Waals surface area contributed by atoms with E-state index < -0.39 is 10.0 Å². The molecular formula is C19H21N3O4S2. The second-order valence-corrected chi connectivity index (χ2v) is 9.56. The van der Waals surface area contributed by atoms with Gasteiger partial charge in [0.15, 0.2) is 5.58 Å². The Kier molecular flexibility index (Phi) is 5.78. The van der Waals surface area contributed by atoms with Gasteiger partial charge in [0.2, 0.25) is 15.9 Å². The molecule has 0 radical (unpaired) electrons. The Morgan fingerprint density at radius 2 is 1.96 bits per heavy atom. The Labute approximate surface area is 168 Å². The van der Waals surface area contributed by atoms with Crippen molar-refractivity contribution >= 4 is 44.5 Å². The van der Waals surface area contributed by atoms with Gasteiger partial charge >= 0.3 is 0 Å². The normalized spacial score (nSPS) is 11.9. The summed E-state index contributed by atoms with van der Waals surface area (Å²) in [7, 11) is -0.606. The molecule has 0 aliphatic heterocycles. The number of hydrogen-bond acceptors (Lipinski definition) is 6. The van der Waals surface area contributed by atoms with E-state index in [4.69, 9.17) is 4.42 Å². The largest absolute Gasteiger partial charge is 0.431 e. The molecule has 3 aromatic rings. The highest BCUT2D eigenvalue weighted by Crippen LogP contribution is 2.26. The fourth-order valence-electron chi connectivity index (χ4n) is 2.52. The number of sulfonamides is 1. The number of fused-ring (bicyclic) bond motifs is 1. The first kappa shape index (κ1) is 20.4. The number of aromatic nitrogens is 1. The average molecular weight is 420 g/mol. The molecule has 0 atom stereocenters. The van der Waals surface area contributed by atoms with Crippen molar-refractivity contribution in [3.05, 3.63) is 47.5 Å². The lowest BCUT2D eigenvalue weighted by Gasteiger charge is -2.10. The third-order valence-corrected chi connectivity index (χ3v) is 6.96. The molecule has 7 nitrogen and oxygen atoms in total. The molecule has 148 valence electrons. The predicted octanol–water partition coefficient (Wildman–Crippen LogP) is 3.43. The number of aryl methyl sites for hydroxylation is 1. The van der Waals surface area contributed by atoms with Crippen molar-refractivity contribution in [3.63, 3.8) is 0 Å². The van der Waals surface area contributed by atoms with E-state index in [-0.39, 0.29) is 16.6 Å². The van der Waals surface area contributed by atoms with Crippen LogP contribution in [0.25, 0.3) is 11.1 Å². The molecule has 0 aliphatic rings. The van der Waals surface area contributed by atoms with Crippen LogP contribution in [0.2, 0.25) is 0 Å². The molecule has 0 unspecified atom stereocenters. The third-order valence-electron chi connectivity index (χ3n) is 4.32. The summed E-state index contributed by atoms with van der Waals surface area (Å²) in [5.74, 6) is -0.0416. The Morgan fingerprint density at radius 1 is 1.21 bits per heavy atom. The van der Waals surface area contributed by atoms with E-state index >= 15 is 0 Å². The summed E-state index contributed by atoms with van der Waals surface area (Å²) in [6.45, 7) is 3.95. The summed E-state index contributed by atoms with van der Waals surface area (Å²) in [4.78, 5) is 16.7. The van der Waals surface area contributed by atoms with Crippen LogP contribution in [-0.2, 0) is 14.8 Å². The molecular weight excluding hydrogens is 398 g/mol. The summed E-state index contributed by atoms with van der Waals surface area (Å²) in [5, 5.41) is 3.19. The standard InChI is InChI=1S/C19H21N3O4S2/c1-12-6-5-7-15(13(12)2)20-18(23)11-27-19-21-16-10-14(8-9-17(16)26-19)28(24,25)22(3)4/h5-10H,11H2,1-4H3,(H,20,23). The smallest absolute Gasteiger partial charge is 0.257 e. The van der Waals surface area contributed by atoms with E-state index in [1.165, 1.54) is 26.2 Å². The van der Waals surface area contributed by atoms with E-state index in [1.54, 1.807) is 6.07 Å². The van der Waals surface area contributed by atoms with E-state index in [0.29, 0.717) is 16.3 Å². The second kappa shape index (κ2) is 7.94. The Balaban J connectivity index is 1.71. The van der Waals surface area contributed by atoms with Gasteiger partial charge in [0, 0.05) is 19.8 Å². The summed E-state index contributed by atoms with van der Waals surface area (Å²) in [6, 6.07) is 10.3. The number of nitrogens with zero attached hydrogens (tertiary/aromatic N) is 2. The lowest BCUT2D eigenvalue weighted by Crippen LogP contribution is -2.22. The minimum Gasteiger partial charge on any atom is -0.431 e. The van der Waals surface area contributed by atoms with Crippen molar-refractivity contribution in [3.8, 4) is 0 Å². The first-order chi connectivity index (χ1) is 13.2. The zero-order valence-electron chi connectivity index (χ0n) is 16.0. The number of carbonyl (C=O) groups excluding carboxylic acids is 1. The number of oxazole rings is 1. The molecule has 0 saturated carbocycles. The highest BCUT2D eigenvalue weighted by Gasteiger charge is 2.19. The summed E-state index contributed by atoms with van der Waals surface area (Å²) < 4.78 is 31.2. The topological polar surface area (TPSA) is 92.5 Å². The minimum absolute atomic E-state index is 0.128. The van der Waals surface area contributed by atoms with E-state index in [9.17, 15) is 13.2 Å². The van der Waals surface area contributed by atoms with E-state index in [2.05, 4.69) is 10.3 Å². The fourth-order valence-corrected chi connectivity index (χ4v) is 4.08. The molecule has 2 aromatic carbocycles. The van der Waals surface area contributed by atoms with Crippen LogP contribution < -0.4 is 5.32 Å². The van der Waals surface area contributed by atoms with Gasteiger partial charge in [-0.1, -0.05) is 23.9 Å². The van der Waals surface area contributed by atoms with Crippen LogP contribution in [0.1, 0.15) is 11.1 Å². The van der Waals surface area contributed by atoms with Crippen molar-refractivity contribution in [2.24, 2.45) is 0 Å². The van der Waals surface area contributed by atoms with Gasteiger partial charge in [0.25, 0.3) is 5.22 Å². The highest BCUT2D eigenvalue weighted by molar-refractivity contribution is 7.99. The third kappa shape index (κ3) is 4.21. The number of anilines is 1.